The van der Waals surface area contributed by atoms with Crippen LogP contribution in [0.5, 0.6) is 0 Å². The van der Waals surface area contributed by atoms with Crippen LogP contribution in [0.15, 0.2) is 28.7 Å². The van der Waals surface area contributed by atoms with Gasteiger partial charge in [-0.05, 0) is 53.1 Å². The molecule has 1 fully saturated rings. The fourth-order valence-corrected chi connectivity index (χ4v) is 3.20. The van der Waals surface area contributed by atoms with Crippen molar-refractivity contribution in [1.29, 1.82) is 0 Å². The van der Waals surface area contributed by atoms with Crippen LogP contribution in [0.3, 0.4) is 0 Å². The predicted molar refractivity (Wildman–Crippen MR) is 81.0 cm³/mol. The molecule has 17 heavy (non-hydrogen) atoms. The highest BCUT2D eigenvalue weighted by molar-refractivity contribution is 14.1. The van der Waals surface area contributed by atoms with Crippen LogP contribution < -0.4 is 0 Å². The largest absolute Gasteiger partial charge is 0.281 e. The molecule has 3 rings (SSSR count). The van der Waals surface area contributed by atoms with Crippen LogP contribution in [0.4, 0.5) is 0 Å². The predicted octanol–water partition coefficient (Wildman–Crippen LogP) is 4.71. The smallest absolute Gasteiger partial charge is 0.131 e. The van der Waals surface area contributed by atoms with E-state index in [1.165, 1.54) is 36.1 Å². The lowest BCUT2D eigenvalue weighted by Crippen LogP contribution is -2.10. The number of nitrogens with zero attached hydrogens (tertiary/aromatic N) is 1. The standard InChI is InChI=1S/C13H12BrIN2/c14-10-6-4-8(5-7-10)11-12(9-2-1-3-9)16-17-13(11)15/h4-7,9H,1-3H2,(H,16,17). The Morgan fingerprint density at radius 1 is 1.24 bits per heavy atom. The van der Waals surface area contributed by atoms with Gasteiger partial charge in [0.25, 0.3) is 0 Å². The molecule has 1 heterocycles. The maximum absolute atomic E-state index is 4.37. The second kappa shape index (κ2) is 4.72. The molecule has 1 aliphatic rings. The minimum atomic E-state index is 0.685. The van der Waals surface area contributed by atoms with Crippen LogP contribution in [0.1, 0.15) is 30.9 Å². The second-order valence-corrected chi connectivity index (χ2v) is 6.38. The highest BCUT2D eigenvalue weighted by Gasteiger charge is 2.26. The molecule has 0 unspecified atom stereocenters. The van der Waals surface area contributed by atoms with Crippen molar-refractivity contribution in [2.45, 2.75) is 25.2 Å². The molecule has 1 N–H and O–H groups in total. The van der Waals surface area contributed by atoms with Crippen molar-refractivity contribution in [3.05, 3.63) is 38.1 Å². The number of H-pyrrole nitrogens is 1. The first-order valence-corrected chi connectivity index (χ1v) is 7.62. The zero-order chi connectivity index (χ0) is 11.8. The summed E-state index contributed by atoms with van der Waals surface area (Å²) in [5, 5.41) is 7.59. The number of rotatable bonds is 2. The second-order valence-electron chi connectivity index (χ2n) is 4.44. The van der Waals surface area contributed by atoms with Gasteiger partial charge in [-0.2, -0.15) is 5.10 Å². The number of aromatic amines is 1. The van der Waals surface area contributed by atoms with Crippen LogP contribution in [-0.2, 0) is 0 Å². The molecule has 1 saturated carbocycles. The first-order valence-electron chi connectivity index (χ1n) is 5.75. The molecule has 0 bridgehead atoms. The maximum atomic E-state index is 4.37. The van der Waals surface area contributed by atoms with Crippen molar-refractivity contribution in [2.75, 3.05) is 0 Å². The van der Waals surface area contributed by atoms with Crippen LogP contribution in [-0.4, -0.2) is 10.2 Å². The summed E-state index contributed by atoms with van der Waals surface area (Å²) in [5.74, 6) is 0.685. The molecule has 1 aliphatic carbocycles. The van der Waals surface area contributed by atoms with Crippen molar-refractivity contribution in [3.63, 3.8) is 0 Å². The molecule has 88 valence electrons. The zero-order valence-electron chi connectivity index (χ0n) is 9.21. The molecule has 0 aliphatic heterocycles. The van der Waals surface area contributed by atoms with Gasteiger partial charge in [-0.1, -0.05) is 34.5 Å². The van der Waals surface area contributed by atoms with Gasteiger partial charge in [0, 0.05) is 21.6 Å². The molecule has 4 heteroatoms. The highest BCUT2D eigenvalue weighted by Crippen LogP contribution is 2.41. The van der Waals surface area contributed by atoms with Gasteiger partial charge in [0.2, 0.25) is 0 Å². The van der Waals surface area contributed by atoms with Crippen molar-refractivity contribution in [1.82, 2.24) is 10.2 Å². The van der Waals surface area contributed by atoms with Crippen LogP contribution in [0.2, 0.25) is 0 Å². The van der Waals surface area contributed by atoms with E-state index in [2.05, 4.69) is 73.0 Å². The topological polar surface area (TPSA) is 28.7 Å². The fraction of sp³-hybridized carbons (Fsp3) is 0.308. The summed E-state index contributed by atoms with van der Waals surface area (Å²) in [6.07, 6.45) is 3.93. The number of hydrogen-bond donors (Lipinski definition) is 1. The Morgan fingerprint density at radius 2 is 1.94 bits per heavy atom. The number of nitrogens with one attached hydrogen (secondary N) is 1. The van der Waals surface area contributed by atoms with E-state index >= 15 is 0 Å². The molecule has 0 atom stereocenters. The van der Waals surface area contributed by atoms with Gasteiger partial charge in [-0.15, -0.1) is 0 Å². The van der Waals surface area contributed by atoms with Crippen LogP contribution in [0, 0.1) is 3.70 Å². The molecule has 0 radical (unpaired) electrons. The molecule has 0 spiro atoms. The quantitative estimate of drug-likeness (QED) is 0.724. The monoisotopic (exact) mass is 402 g/mol. The molecule has 2 nitrogen and oxygen atoms in total. The lowest BCUT2D eigenvalue weighted by atomic mass is 9.81. The van der Waals surface area contributed by atoms with Gasteiger partial charge in [0.1, 0.15) is 3.70 Å². The van der Waals surface area contributed by atoms with E-state index in [-0.39, 0.29) is 0 Å². The first kappa shape index (κ1) is 11.7. The van der Waals surface area contributed by atoms with Gasteiger partial charge >= 0.3 is 0 Å². The number of halogens is 2. The average Bonchev–Trinajstić information content (AvgIpc) is 2.60. The third kappa shape index (κ3) is 2.17. The van der Waals surface area contributed by atoms with E-state index in [4.69, 9.17) is 0 Å². The summed E-state index contributed by atoms with van der Waals surface area (Å²) in [4.78, 5) is 0. The number of hydrogen-bond acceptors (Lipinski definition) is 1. The summed E-state index contributed by atoms with van der Waals surface area (Å²) in [6.45, 7) is 0. The van der Waals surface area contributed by atoms with Crippen molar-refractivity contribution >= 4 is 38.5 Å². The molecule has 0 amide bonds. The SMILES string of the molecule is Brc1ccc(-c2c(I)n[nH]c2C2CCC2)cc1. The zero-order valence-corrected chi connectivity index (χ0v) is 13.0. The van der Waals surface area contributed by atoms with Gasteiger partial charge < -0.3 is 0 Å². The Bertz CT molecular complexity index is 529. The maximum Gasteiger partial charge on any atom is 0.131 e. The summed E-state index contributed by atoms with van der Waals surface area (Å²) >= 11 is 5.79. The minimum Gasteiger partial charge on any atom is -0.281 e. The number of aromatic nitrogens is 2. The van der Waals surface area contributed by atoms with Crippen molar-refractivity contribution < 1.29 is 0 Å². The van der Waals surface area contributed by atoms with E-state index in [0.29, 0.717) is 5.92 Å². The Hall–Kier alpha value is -0.360. The normalized spacial score (nSPS) is 15.9. The fourth-order valence-electron chi connectivity index (χ4n) is 2.22. The highest BCUT2D eigenvalue weighted by atomic mass is 127. The number of benzene rings is 1. The summed E-state index contributed by atoms with van der Waals surface area (Å²) in [7, 11) is 0. The van der Waals surface area contributed by atoms with E-state index in [9.17, 15) is 0 Å². The molecule has 1 aromatic heterocycles. The van der Waals surface area contributed by atoms with Gasteiger partial charge in [-0.25, -0.2) is 0 Å². The lowest BCUT2D eigenvalue weighted by Gasteiger charge is -2.25. The van der Waals surface area contributed by atoms with Crippen molar-refractivity contribution in [2.24, 2.45) is 0 Å². The van der Waals surface area contributed by atoms with E-state index in [0.717, 1.165) is 8.17 Å². The van der Waals surface area contributed by atoms with E-state index in [1.54, 1.807) is 0 Å². The Balaban J connectivity index is 2.06. The van der Waals surface area contributed by atoms with Gasteiger partial charge in [0.15, 0.2) is 0 Å². The Labute approximate surface area is 122 Å². The lowest BCUT2D eigenvalue weighted by molar-refractivity contribution is 0.411. The Kier molecular flexibility index (Phi) is 3.25. The van der Waals surface area contributed by atoms with Gasteiger partial charge in [0.05, 0.1) is 0 Å². The molecular weight excluding hydrogens is 391 g/mol. The Morgan fingerprint density at radius 3 is 2.53 bits per heavy atom. The van der Waals surface area contributed by atoms with Gasteiger partial charge in [-0.3, -0.25) is 5.10 Å². The first-order chi connectivity index (χ1) is 8.25. The molecule has 0 saturated heterocycles. The van der Waals surface area contributed by atoms with Crippen LogP contribution >= 0.6 is 38.5 Å². The third-order valence-corrected chi connectivity index (χ3v) is 4.71. The summed E-state index contributed by atoms with van der Waals surface area (Å²) in [6, 6.07) is 8.48. The average molecular weight is 403 g/mol. The minimum absolute atomic E-state index is 0.685. The summed E-state index contributed by atoms with van der Waals surface area (Å²) < 4.78 is 2.19. The third-order valence-electron chi connectivity index (χ3n) is 3.40. The molecular formula is C13H12BrIN2. The molecule has 1 aromatic carbocycles. The van der Waals surface area contributed by atoms with Crippen LogP contribution in [0.25, 0.3) is 11.1 Å². The summed E-state index contributed by atoms with van der Waals surface area (Å²) in [5.41, 5.74) is 3.87. The molecule has 2 aromatic rings. The van der Waals surface area contributed by atoms with E-state index < -0.39 is 0 Å². The van der Waals surface area contributed by atoms with Crippen molar-refractivity contribution in [3.8, 4) is 11.1 Å². The van der Waals surface area contributed by atoms with E-state index in [1.807, 2.05) is 0 Å².